The van der Waals surface area contributed by atoms with Gasteiger partial charge in [0.15, 0.2) is 0 Å². The van der Waals surface area contributed by atoms with Gasteiger partial charge < -0.3 is 14.8 Å². The van der Waals surface area contributed by atoms with Crippen LogP contribution in [0.25, 0.3) is 0 Å². The Morgan fingerprint density at radius 1 is 0.900 bits per heavy atom. The first-order chi connectivity index (χ1) is 9.83. The number of hydrogen-bond donors (Lipinski definition) is 1. The third kappa shape index (κ3) is 4.00. The van der Waals surface area contributed by atoms with E-state index in [1.165, 1.54) is 11.1 Å². The highest BCUT2D eigenvalue weighted by Gasteiger charge is 2.03. The van der Waals surface area contributed by atoms with Crippen LogP contribution in [0, 0.1) is 0 Å². The average molecular weight is 271 g/mol. The Bertz CT molecular complexity index is 540. The number of hydrogen-bond acceptors (Lipinski definition) is 3. The van der Waals surface area contributed by atoms with Crippen molar-refractivity contribution >= 4 is 0 Å². The molecule has 0 atom stereocenters. The van der Waals surface area contributed by atoms with E-state index in [2.05, 4.69) is 17.4 Å². The van der Waals surface area contributed by atoms with Crippen LogP contribution in [-0.4, -0.2) is 13.7 Å². The highest BCUT2D eigenvalue weighted by molar-refractivity contribution is 5.33. The van der Waals surface area contributed by atoms with Gasteiger partial charge in [-0.15, -0.1) is 0 Å². The third-order valence-electron chi connectivity index (χ3n) is 3.00. The van der Waals surface area contributed by atoms with Crippen LogP contribution < -0.4 is 14.8 Å². The second-order valence-electron chi connectivity index (χ2n) is 4.50. The first-order valence-corrected chi connectivity index (χ1v) is 6.90. The van der Waals surface area contributed by atoms with Crippen LogP contribution >= 0.6 is 0 Å². The van der Waals surface area contributed by atoms with Crippen molar-refractivity contribution in [2.45, 2.75) is 20.1 Å². The van der Waals surface area contributed by atoms with Crippen molar-refractivity contribution in [2.24, 2.45) is 0 Å². The summed E-state index contributed by atoms with van der Waals surface area (Å²) < 4.78 is 11.3. The first-order valence-electron chi connectivity index (χ1n) is 6.90. The summed E-state index contributed by atoms with van der Waals surface area (Å²) in [7, 11) is 1.95. The molecule has 0 amide bonds. The van der Waals surface area contributed by atoms with E-state index in [0.29, 0.717) is 13.2 Å². The summed E-state index contributed by atoms with van der Waals surface area (Å²) in [6.07, 6.45) is 0. The minimum absolute atomic E-state index is 0.563. The fourth-order valence-electron chi connectivity index (χ4n) is 2.04. The Kier molecular flexibility index (Phi) is 5.44. The molecule has 1 N–H and O–H groups in total. The van der Waals surface area contributed by atoms with Gasteiger partial charge in [-0.1, -0.05) is 30.3 Å². The van der Waals surface area contributed by atoms with Gasteiger partial charge in [0.2, 0.25) is 0 Å². The van der Waals surface area contributed by atoms with E-state index in [1.54, 1.807) is 0 Å². The van der Waals surface area contributed by atoms with Crippen LogP contribution in [0.3, 0.4) is 0 Å². The fraction of sp³-hybridized carbons (Fsp3) is 0.294. The van der Waals surface area contributed by atoms with Crippen molar-refractivity contribution in [3.63, 3.8) is 0 Å². The van der Waals surface area contributed by atoms with Crippen molar-refractivity contribution in [3.05, 3.63) is 59.7 Å². The Labute approximate surface area is 120 Å². The molecule has 0 aliphatic carbocycles. The van der Waals surface area contributed by atoms with Crippen LogP contribution in [0.2, 0.25) is 0 Å². The second kappa shape index (κ2) is 7.56. The average Bonchev–Trinajstić information content (AvgIpc) is 2.47. The van der Waals surface area contributed by atoms with Gasteiger partial charge in [-0.25, -0.2) is 0 Å². The zero-order valence-electron chi connectivity index (χ0n) is 12.1. The van der Waals surface area contributed by atoms with Gasteiger partial charge in [-0.3, -0.25) is 0 Å². The highest BCUT2D eigenvalue weighted by Crippen LogP contribution is 2.21. The Morgan fingerprint density at radius 3 is 2.30 bits per heavy atom. The predicted octanol–water partition coefficient (Wildman–Crippen LogP) is 3.38. The van der Waals surface area contributed by atoms with E-state index < -0.39 is 0 Å². The Balaban J connectivity index is 2.03. The summed E-state index contributed by atoms with van der Waals surface area (Å²) in [6, 6.07) is 16.0. The maximum absolute atomic E-state index is 5.86. The van der Waals surface area contributed by atoms with Crippen LogP contribution in [0.5, 0.6) is 11.5 Å². The normalized spacial score (nSPS) is 10.3. The summed E-state index contributed by atoms with van der Waals surface area (Å²) in [6.45, 7) is 4.04. The molecule has 2 rings (SSSR count). The smallest absolute Gasteiger partial charge is 0.123 e. The molecule has 0 heterocycles. The van der Waals surface area contributed by atoms with E-state index >= 15 is 0 Å². The standard InChI is InChI=1S/C17H21NO2/c1-3-19-16-9-6-10-17(11-16)20-13-15-8-5-4-7-14(15)12-18-2/h4-11,18H,3,12-13H2,1-2H3. The lowest BCUT2D eigenvalue weighted by atomic mass is 10.1. The molecule has 0 radical (unpaired) electrons. The Hall–Kier alpha value is -2.00. The quantitative estimate of drug-likeness (QED) is 0.837. The molecular weight excluding hydrogens is 250 g/mol. The lowest BCUT2D eigenvalue weighted by Gasteiger charge is -2.11. The molecule has 0 aromatic heterocycles. The van der Waals surface area contributed by atoms with E-state index in [9.17, 15) is 0 Å². The monoisotopic (exact) mass is 271 g/mol. The van der Waals surface area contributed by atoms with Crippen LogP contribution in [0.1, 0.15) is 18.1 Å². The van der Waals surface area contributed by atoms with Crippen LogP contribution in [0.15, 0.2) is 48.5 Å². The number of ether oxygens (including phenoxy) is 2. The molecule has 20 heavy (non-hydrogen) atoms. The molecule has 2 aromatic rings. The molecule has 0 aliphatic rings. The molecule has 0 unspecified atom stereocenters. The van der Waals surface area contributed by atoms with Gasteiger partial charge >= 0.3 is 0 Å². The molecule has 3 nitrogen and oxygen atoms in total. The van der Waals surface area contributed by atoms with Gasteiger partial charge in [0.25, 0.3) is 0 Å². The zero-order valence-corrected chi connectivity index (χ0v) is 12.1. The summed E-state index contributed by atoms with van der Waals surface area (Å²) in [5.74, 6) is 1.67. The van der Waals surface area contributed by atoms with Crippen molar-refractivity contribution in [2.75, 3.05) is 13.7 Å². The first kappa shape index (κ1) is 14.4. The molecule has 2 aromatic carbocycles. The van der Waals surface area contributed by atoms with Crippen LogP contribution in [0.4, 0.5) is 0 Å². The van der Waals surface area contributed by atoms with Gasteiger partial charge in [-0.2, -0.15) is 0 Å². The summed E-state index contributed by atoms with van der Waals surface area (Å²) in [4.78, 5) is 0. The molecule has 106 valence electrons. The lowest BCUT2D eigenvalue weighted by Crippen LogP contribution is -2.09. The van der Waals surface area contributed by atoms with Crippen molar-refractivity contribution in [1.82, 2.24) is 5.32 Å². The fourth-order valence-corrected chi connectivity index (χ4v) is 2.04. The zero-order chi connectivity index (χ0) is 14.2. The van der Waals surface area contributed by atoms with Crippen molar-refractivity contribution < 1.29 is 9.47 Å². The van der Waals surface area contributed by atoms with Gasteiger partial charge in [0.05, 0.1) is 6.61 Å². The molecule has 3 heteroatoms. The number of benzene rings is 2. The molecular formula is C17H21NO2. The number of nitrogens with one attached hydrogen (secondary N) is 1. The maximum Gasteiger partial charge on any atom is 0.123 e. The van der Waals surface area contributed by atoms with Gasteiger partial charge in [0.1, 0.15) is 18.1 Å². The largest absolute Gasteiger partial charge is 0.494 e. The molecule has 0 spiro atoms. The summed E-state index contributed by atoms with van der Waals surface area (Å²) >= 11 is 0. The SMILES string of the molecule is CCOc1cccc(OCc2ccccc2CNC)c1. The van der Waals surface area contributed by atoms with Gasteiger partial charge in [0, 0.05) is 12.6 Å². The molecule has 0 saturated carbocycles. The molecule has 0 fully saturated rings. The van der Waals surface area contributed by atoms with Gasteiger partial charge in [-0.05, 0) is 37.2 Å². The predicted molar refractivity (Wildman–Crippen MR) is 81.1 cm³/mol. The van der Waals surface area contributed by atoms with E-state index in [4.69, 9.17) is 9.47 Å². The van der Waals surface area contributed by atoms with Crippen LogP contribution in [-0.2, 0) is 13.2 Å². The molecule has 0 aliphatic heterocycles. The minimum Gasteiger partial charge on any atom is -0.494 e. The number of rotatable bonds is 7. The summed E-state index contributed by atoms with van der Waals surface area (Å²) in [5, 5.41) is 3.17. The van der Waals surface area contributed by atoms with E-state index in [-0.39, 0.29) is 0 Å². The second-order valence-corrected chi connectivity index (χ2v) is 4.50. The Morgan fingerprint density at radius 2 is 1.60 bits per heavy atom. The lowest BCUT2D eigenvalue weighted by molar-refractivity contribution is 0.298. The summed E-state index contributed by atoms with van der Waals surface area (Å²) in [5.41, 5.74) is 2.46. The van der Waals surface area contributed by atoms with E-state index in [1.807, 2.05) is 50.4 Å². The van der Waals surface area contributed by atoms with E-state index in [0.717, 1.165) is 18.0 Å². The molecule has 0 saturated heterocycles. The highest BCUT2D eigenvalue weighted by atomic mass is 16.5. The molecule has 0 bridgehead atoms. The minimum atomic E-state index is 0.563. The topological polar surface area (TPSA) is 30.5 Å². The van der Waals surface area contributed by atoms with Crippen molar-refractivity contribution in [3.8, 4) is 11.5 Å². The van der Waals surface area contributed by atoms with Crippen molar-refractivity contribution in [1.29, 1.82) is 0 Å². The maximum atomic E-state index is 5.86. The third-order valence-corrected chi connectivity index (χ3v) is 3.00.